The van der Waals surface area contributed by atoms with Gasteiger partial charge in [-0.3, -0.25) is 4.79 Å². The quantitative estimate of drug-likeness (QED) is 0.677. The number of anilines is 1. The largest absolute Gasteiger partial charge is 0.351 e. The molecule has 0 saturated carbocycles. The molecule has 2 aromatic rings. The van der Waals surface area contributed by atoms with Crippen molar-refractivity contribution in [1.29, 1.82) is 0 Å². The molecule has 128 valence electrons. The van der Waals surface area contributed by atoms with E-state index in [-0.39, 0.29) is 5.91 Å². The van der Waals surface area contributed by atoms with Gasteiger partial charge in [0.25, 0.3) is 5.91 Å². The Kier molecular flexibility index (Phi) is 5.27. The molecule has 0 aromatic heterocycles. The number of thiocarbonyl (C=S) groups is 1. The van der Waals surface area contributed by atoms with Crippen LogP contribution in [0.3, 0.4) is 0 Å². The monoisotopic (exact) mass is 391 g/mol. The average molecular weight is 392 g/mol. The summed E-state index contributed by atoms with van der Waals surface area (Å²) >= 11 is 17.7. The lowest BCUT2D eigenvalue weighted by Crippen LogP contribution is -2.45. The van der Waals surface area contributed by atoms with Crippen LogP contribution in [0.2, 0.25) is 10.0 Å². The van der Waals surface area contributed by atoms with Crippen molar-refractivity contribution in [2.75, 3.05) is 5.32 Å². The molecule has 0 spiro atoms. The zero-order valence-electron chi connectivity index (χ0n) is 13.3. The Bertz CT molecular complexity index is 868. The summed E-state index contributed by atoms with van der Waals surface area (Å²) in [5, 5.41) is 10.2. The minimum absolute atomic E-state index is 0.243. The number of amides is 1. The summed E-state index contributed by atoms with van der Waals surface area (Å²) in [7, 11) is 0. The van der Waals surface area contributed by atoms with Crippen LogP contribution in [0.15, 0.2) is 59.8 Å². The third-order valence-electron chi connectivity index (χ3n) is 3.84. The topological polar surface area (TPSA) is 53.2 Å². The van der Waals surface area contributed by atoms with Gasteiger partial charge >= 0.3 is 0 Å². The number of carbonyl (C=O) groups excluding carboxylic acids is 1. The number of hydrogen-bond donors (Lipinski definition) is 3. The second-order valence-corrected chi connectivity index (χ2v) is 6.73. The first-order chi connectivity index (χ1) is 12.0. The maximum atomic E-state index is 12.9. The lowest BCUT2D eigenvalue weighted by molar-refractivity contribution is -0.113. The molecule has 0 bridgehead atoms. The molecule has 4 nitrogen and oxygen atoms in total. The van der Waals surface area contributed by atoms with E-state index in [4.69, 9.17) is 35.4 Å². The highest BCUT2D eigenvalue weighted by molar-refractivity contribution is 7.80. The first-order valence-electron chi connectivity index (χ1n) is 7.56. The van der Waals surface area contributed by atoms with Crippen LogP contribution >= 0.6 is 35.4 Å². The fourth-order valence-corrected chi connectivity index (χ4v) is 3.38. The van der Waals surface area contributed by atoms with E-state index >= 15 is 0 Å². The van der Waals surface area contributed by atoms with Crippen LogP contribution in [0, 0.1) is 0 Å². The highest BCUT2D eigenvalue weighted by Gasteiger charge is 2.31. The number of allylic oxidation sites excluding steroid dienone is 1. The molecule has 0 unspecified atom stereocenters. The molecular formula is C18H15Cl2N3OS. The summed E-state index contributed by atoms with van der Waals surface area (Å²) in [6.45, 7) is 1.80. The van der Waals surface area contributed by atoms with Crippen molar-refractivity contribution in [1.82, 2.24) is 10.6 Å². The third kappa shape index (κ3) is 3.79. The van der Waals surface area contributed by atoms with E-state index in [0.29, 0.717) is 37.7 Å². The van der Waals surface area contributed by atoms with Crippen molar-refractivity contribution in [3.8, 4) is 0 Å². The summed E-state index contributed by atoms with van der Waals surface area (Å²) in [4.78, 5) is 12.9. The molecule has 7 heteroatoms. The number of hydrogen-bond acceptors (Lipinski definition) is 2. The highest BCUT2D eigenvalue weighted by atomic mass is 35.5. The van der Waals surface area contributed by atoms with Crippen LogP contribution in [-0.2, 0) is 4.79 Å². The van der Waals surface area contributed by atoms with Gasteiger partial charge in [-0.15, -0.1) is 0 Å². The smallest absolute Gasteiger partial charge is 0.255 e. The van der Waals surface area contributed by atoms with Crippen molar-refractivity contribution < 1.29 is 4.79 Å². The Hall–Kier alpha value is -2.08. The van der Waals surface area contributed by atoms with Crippen LogP contribution < -0.4 is 16.0 Å². The van der Waals surface area contributed by atoms with E-state index in [0.717, 1.165) is 0 Å². The van der Waals surface area contributed by atoms with Crippen LogP contribution in [0.4, 0.5) is 5.69 Å². The minimum Gasteiger partial charge on any atom is -0.351 e. The van der Waals surface area contributed by atoms with E-state index in [1.54, 1.807) is 19.1 Å². The average Bonchev–Trinajstić information content (AvgIpc) is 2.57. The molecule has 0 saturated heterocycles. The molecule has 1 aliphatic heterocycles. The number of rotatable bonds is 3. The molecule has 0 fully saturated rings. The van der Waals surface area contributed by atoms with E-state index in [2.05, 4.69) is 16.0 Å². The van der Waals surface area contributed by atoms with Crippen molar-refractivity contribution in [2.45, 2.75) is 13.0 Å². The molecule has 3 rings (SSSR count). The second-order valence-electron chi connectivity index (χ2n) is 5.53. The number of benzene rings is 2. The fraction of sp³-hybridized carbons (Fsp3) is 0.111. The van der Waals surface area contributed by atoms with Crippen LogP contribution in [0.1, 0.15) is 18.5 Å². The zero-order chi connectivity index (χ0) is 18.0. The lowest BCUT2D eigenvalue weighted by Gasteiger charge is -2.31. The van der Waals surface area contributed by atoms with E-state index in [1.165, 1.54) is 0 Å². The SMILES string of the molecule is CC1=C(C(=O)Nc2ccccc2)[C@H](c2cccc(Cl)c2Cl)NC(=S)N1. The second kappa shape index (κ2) is 7.44. The zero-order valence-corrected chi connectivity index (χ0v) is 15.6. The van der Waals surface area contributed by atoms with Gasteiger partial charge in [0, 0.05) is 11.4 Å². The van der Waals surface area contributed by atoms with Gasteiger partial charge in [-0.25, -0.2) is 0 Å². The first-order valence-corrected chi connectivity index (χ1v) is 8.72. The first kappa shape index (κ1) is 17.7. The molecule has 1 atom stereocenters. The van der Waals surface area contributed by atoms with Gasteiger partial charge in [0.05, 0.1) is 21.7 Å². The predicted octanol–water partition coefficient (Wildman–Crippen LogP) is 4.42. The summed E-state index contributed by atoms with van der Waals surface area (Å²) in [6.07, 6.45) is 0. The molecular weight excluding hydrogens is 377 g/mol. The third-order valence-corrected chi connectivity index (χ3v) is 4.89. The normalized spacial score (nSPS) is 16.9. The molecule has 3 N–H and O–H groups in total. The Morgan fingerprint density at radius 1 is 1.12 bits per heavy atom. The molecule has 2 aromatic carbocycles. The van der Waals surface area contributed by atoms with E-state index < -0.39 is 6.04 Å². The summed E-state index contributed by atoms with van der Waals surface area (Å²) < 4.78 is 0. The van der Waals surface area contributed by atoms with Gasteiger partial charge in [0.1, 0.15) is 0 Å². The predicted molar refractivity (Wildman–Crippen MR) is 106 cm³/mol. The Morgan fingerprint density at radius 3 is 2.56 bits per heavy atom. The molecule has 1 heterocycles. The van der Waals surface area contributed by atoms with Gasteiger partial charge in [0.15, 0.2) is 5.11 Å². The molecule has 1 aliphatic rings. The molecule has 0 radical (unpaired) electrons. The molecule has 1 amide bonds. The van der Waals surface area contributed by atoms with Crippen LogP contribution in [0.5, 0.6) is 0 Å². The van der Waals surface area contributed by atoms with Crippen molar-refractivity contribution in [2.24, 2.45) is 0 Å². The number of para-hydroxylation sites is 1. The Labute approximate surface area is 161 Å². The number of nitrogens with one attached hydrogen (secondary N) is 3. The summed E-state index contributed by atoms with van der Waals surface area (Å²) in [6, 6.07) is 14.1. The maximum Gasteiger partial charge on any atom is 0.255 e. The van der Waals surface area contributed by atoms with Gasteiger partial charge in [-0.05, 0) is 42.9 Å². The van der Waals surface area contributed by atoms with Gasteiger partial charge in [-0.1, -0.05) is 53.5 Å². The molecule has 25 heavy (non-hydrogen) atoms. The van der Waals surface area contributed by atoms with Crippen molar-refractivity contribution >= 4 is 52.1 Å². The summed E-state index contributed by atoms with van der Waals surface area (Å²) in [5.74, 6) is -0.243. The highest BCUT2D eigenvalue weighted by Crippen LogP contribution is 2.35. The standard InChI is InChI=1S/C18H15Cl2N3OS/c1-10-14(17(24)22-11-6-3-2-4-7-11)16(23-18(25)21-10)12-8-5-9-13(19)15(12)20/h2-9,16H,1H3,(H,22,24)(H2,21,23,25)/t16-/m0/s1. The minimum atomic E-state index is -0.497. The van der Waals surface area contributed by atoms with Crippen molar-refractivity contribution in [3.63, 3.8) is 0 Å². The summed E-state index contributed by atoms with van der Waals surface area (Å²) in [5.41, 5.74) is 2.56. The van der Waals surface area contributed by atoms with Gasteiger partial charge in [-0.2, -0.15) is 0 Å². The van der Waals surface area contributed by atoms with Gasteiger partial charge in [0.2, 0.25) is 0 Å². The molecule has 0 aliphatic carbocycles. The fourth-order valence-electron chi connectivity index (χ4n) is 2.69. The lowest BCUT2D eigenvalue weighted by atomic mass is 9.95. The van der Waals surface area contributed by atoms with E-state index in [9.17, 15) is 4.79 Å². The Balaban J connectivity index is 2.01. The Morgan fingerprint density at radius 2 is 1.84 bits per heavy atom. The maximum absolute atomic E-state index is 12.9. The van der Waals surface area contributed by atoms with Crippen molar-refractivity contribution in [3.05, 3.63) is 75.4 Å². The van der Waals surface area contributed by atoms with Crippen LogP contribution in [0.25, 0.3) is 0 Å². The number of halogens is 2. The number of carbonyl (C=O) groups is 1. The van der Waals surface area contributed by atoms with E-state index in [1.807, 2.05) is 36.4 Å². The van der Waals surface area contributed by atoms with Crippen LogP contribution in [-0.4, -0.2) is 11.0 Å². The van der Waals surface area contributed by atoms with Gasteiger partial charge < -0.3 is 16.0 Å².